The van der Waals surface area contributed by atoms with E-state index in [0.717, 1.165) is 0 Å². The van der Waals surface area contributed by atoms with E-state index in [0.29, 0.717) is 40.7 Å². The van der Waals surface area contributed by atoms with Crippen molar-refractivity contribution in [1.82, 2.24) is 14.5 Å². The second-order valence-electron chi connectivity index (χ2n) is 4.44. The van der Waals surface area contributed by atoms with Crippen LogP contribution in [0, 0.1) is 0 Å². The maximum absolute atomic E-state index is 11.0. The minimum Gasteiger partial charge on any atom is -0.465 e. The van der Waals surface area contributed by atoms with Gasteiger partial charge in [-0.25, -0.2) is 9.78 Å². The summed E-state index contributed by atoms with van der Waals surface area (Å²) in [5.41, 5.74) is 1.20. The molecular formula is C12H12BrN3O4. The minimum atomic E-state index is -0.966. The molecule has 0 saturated heterocycles. The van der Waals surface area contributed by atoms with Crippen LogP contribution < -0.4 is 0 Å². The maximum Gasteiger partial charge on any atom is 0.407 e. The summed E-state index contributed by atoms with van der Waals surface area (Å²) < 4.78 is 8.02. The molecule has 1 amide bonds. The number of halogens is 1. The quantitative estimate of drug-likeness (QED) is 0.870. The number of carboxylic acid groups (broad SMARTS) is 1. The van der Waals surface area contributed by atoms with Crippen LogP contribution >= 0.6 is 15.9 Å². The zero-order valence-electron chi connectivity index (χ0n) is 10.4. The fourth-order valence-electron chi connectivity index (χ4n) is 2.38. The van der Waals surface area contributed by atoms with Gasteiger partial charge in [-0.1, -0.05) is 0 Å². The maximum atomic E-state index is 11.0. The van der Waals surface area contributed by atoms with Crippen molar-refractivity contribution in [2.75, 3.05) is 6.54 Å². The molecule has 106 valence electrons. The standard InChI is InChI=1S/C12H12BrN3O4/c13-9-2-1-8(20-9)11-7(6-17)14-10-5-15(12(18)19)3-4-16(10)11/h1-2,17H,3-6H2,(H,18,19). The molecule has 0 saturated carbocycles. The second-order valence-corrected chi connectivity index (χ2v) is 5.22. The molecule has 20 heavy (non-hydrogen) atoms. The third-order valence-electron chi connectivity index (χ3n) is 3.27. The Kier molecular flexibility index (Phi) is 3.27. The lowest BCUT2D eigenvalue weighted by Gasteiger charge is -2.25. The number of furan rings is 1. The van der Waals surface area contributed by atoms with Crippen molar-refractivity contribution >= 4 is 22.0 Å². The van der Waals surface area contributed by atoms with Crippen molar-refractivity contribution in [3.63, 3.8) is 0 Å². The van der Waals surface area contributed by atoms with Gasteiger partial charge in [-0.2, -0.15) is 0 Å². The van der Waals surface area contributed by atoms with E-state index >= 15 is 0 Å². The van der Waals surface area contributed by atoms with Crippen molar-refractivity contribution in [3.8, 4) is 11.5 Å². The molecule has 2 N–H and O–H groups in total. The van der Waals surface area contributed by atoms with E-state index in [1.165, 1.54) is 4.90 Å². The van der Waals surface area contributed by atoms with Gasteiger partial charge >= 0.3 is 6.09 Å². The lowest BCUT2D eigenvalue weighted by Crippen LogP contribution is -2.37. The highest BCUT2D eigenvalue weighted by Gasteiger charge is 2.27. The molecule has 0 aliphatic carbocycles. The van der Waals surface area contributed by atoms with Gasteiger partial charge < -0.3 is 19.2 Å². The predicted octanol–water partition coefficient (Wildman–Crippen LogP) is 1.89. The van der Waals surface area contributed by atoms with Crippen LogP contribution in [0.5, 0.6) is 0 Å². The Hall–Kier alpha value is -1.80. The Morgan fingerprint density at radius 3 is 2.85 bits per heavy atom. The van der Waals surface area contributed by atoms with Gasteiger partial charge in [0.1, 0.15) is 11.5 Å². The van der Waals surface area contributed by atoms with Crippen LogP contribution in [0.1, 0.15) is 11.5 Å². The zero-order valence-corrected chi connectivity index (χ0v) is 12.0. The molecule has 0 radical (unpaired) electrons. The summed E-state index contributed by atoms with van der Waals surface area (Å²) in [6.45, 7) is 0.867. The third kappa shape index (κ3) is 2.10. The first-order valence-electron chi connectivity index (χ1n) is 6.03. The number of carbonyl (C=O) groups is 1. The molecule has 3 rings (SSSR count). The normalized spacial score (nSPS) is 14.4. The summed E-state index contributed by atoms with van der Waals surface area (Å²) >= 11 is 3.24. The number of amides is 1. The van der Waals surface area contributed by atoms with Crippen molar-refractivity contribution in [1.29, 1.82) is 0 Å². The monoisotopic (exact) mass is 341 g/mol. The van der Waals surface area contributed by atoms with Crippen molar-refractivity contribution in [3.05, 3.63) is 28.3 Å². The summed E-state index contributed by atoms with van der Waals surface area (Å²) in [5, 5.41) is 18.5. The largest absolute Gasteiger partial charge is 0.465 e. The highest BCUT2D eigenvalue weighted by Crippen LogP contribution is 2.31. The lowest BCUT2D eigenvalue weighted by atomic mass is 10.2. The molecule has 0 unspecified atom stereocenters. The summed E-state index contributed by atoms with van der Waals surface area (Å²) in [7, 11) is 0. The number of fused-ring (bicyclic) bond motifs is 1. The number of hydrogen-bond donors (Lipinski definition) is 2. The second kappa shape index (κ2) is 4.95. The molecule has 0 bridgehead atoms. The Bertz CT molecular complexity index is 664. The summed E-state index contributed by atoms with van der Waals surface area (Å²) in [6, 6.07) is 3.56. The van der Waals surface area contributed by atoms with Crippen LogP contribution in [0.2, 0.25) is 0 Å². The molecule has 0 aromatic carbocycles. The van der Waals surface area contributed by atoms with E-state index < -0.39 is 6.09 Å². The Morgan fingerprint density at radius 2 is 2.25 bits per heavy atom. The molecule has 2 aromatic heterocycles. The van der Waals surface area contributed by atoms with E-state index in [9.17, 15) is 9.90 Å². The van der Waals surface area contributed by atoms with E-state index in [4.69, 9.17) is 9.52 Å². The number of hydrogen-bond acceptors (Lipinski definition) is 4. The molecule has 7 nitrogen and oxygen atoms in total. The Labute approximate surface area is 122 Å². The molecule has 1 aliphatic rings. The topological polar surface area (TPSA) is 91.7 Å². The number of imidazole rings is 1. The van der Waals surface area contributed by atoms with Crippen LogP contribution in [0.4, 0.5) is 4.79 Å². The summed E-state index contributed by atoms with van der Waals surface area (Å²) in [4.78, 5) is 16.6. The van der Waals surface area contributed by atoms with Crippen molar-refractivity contribution in [2.45, 2.75) is 19.7 Å². The number of nitrogens with zero attached hydrogens (tertiary/aromatic N) is 3. The highest BCUT2D eigenvalue weighted by molar-refractivity contribution is 9.10. The van der Waals surface area contributed by atoms with Gasteiger partial charge in [-0.15, -0.1) is 0 Å². The van der Waals surface area contributed by atoms with Crippen molar-refractivity contribution in [2.24, 2.45) is 0 Å². The first-order chi connectivity index (χ1) is 9.60. The Balaban J connectivity index is 2.06. The van der Waals surface area contributed by atoms with Gasteiger partial charge in [0, 0.05) is 13.1 Å². The fourth-order valence-corrected chi connectivity index (χ4v) is 2.68. The third-order valence-corrected chi connectivity index (χ3v) is 3.70. The zero-order chi connectivity index (χ0) is 14.3. The van der Waals surface area contributed by atoms with Crippen molar-refractivity contribution < 1.29 is 19.4 Å². The predicted molar refractivity (Wildman–Crippen MR) is 72.0 cm³/mol. The van der Waals surface area contributed by atoms with E-state index in [2.05, 4.69) is 20.9 Å². The summed E-state index contributed by atoms with van der Waals surface area (Å²) in [5.74, 6) is 1.22. The number of aromatic nitrogens is 2. The van der Waals surface area contributed by atoms with Crippen LogP contribution in [0.3, 0.4) is 0 Å². The van der Waals surface area contributed by atoms with Gasteiger partial charge in [0.05, 0.1) is 18.8 Å². The van der Waals surface area contributed by atoms with Gasteiger partial charge in [0.25, 0.3) is 0 Å². The van der Waals surface area contributed by atoms with Crippen LogP contribution in [0.25, 0.3) is 11.5 Å². The fraction of sp³-hybridized carbons (Fsp3) is 0.333. The van der Waals surface area contributed by atoms with Gasteiger partial charge in [0.2, 0.25) is 0 Å². The SMILES string of the molecule is O=C(O)N1CCn2c(nc(CO)c2-c2ccc(Br)o2)C1. The molecule has 2 aromatic rings. The van der Waals surface area contributed by atoms with E-state index in [1.807, 2.05) is 4.57 Å². The smallest absolute Gasteiger partial charge is 0.407 e. The molecule has 0 spiro atoms. The molecule has 0 fully saturated rings. The highest BCUT2D eigenvalue weighted by atomic mass is 79.9. The molecule has 0 atom stereocenters. The number of aliphatic hydroxyl groups excluding tert-OH is 1. The Morgan fingerprint density at radius 1 is 1.45 bits per heavy atom. The molecule has 1 aliphatic heterocycles. The van der Waals surface area contributed by atoms with Crippen LogP contribution in [0.15, 0.2) is 21.2 Å². The number of rotatable bonds is 2. The van der Waals surface area contributed by atoms with Gasteiger partial charge in [0.15, 0.2) is 10.4 Å². The van der Waals surface area contributed by atoms with Crippen LogP contribution in [-0.4, -0.2) is 37.3 Å². The average molecular weight is 342 g/mol. The lowest BCUT2D eigenvalue weighted by molar-refractivity contribution is 0.132. The first kappa shape index (κ1) is 13.2. The minimum absolute atomic E-state index is 0.213. The van der Waals surface area contributed by atoms with E-state index in [-0.39, 0.29) is 13.2 Å². The molecular weight excluding hydrogens is 330 g/mol. The first-order valence-corrected chi connectivity index (χ1v) is 6.82. The molecule has 8 heteroatoms. The average Bonchev–Trinajstić information content (AvgIpc) is 3.00. The van der Waals surface area contributed by atoms with Crippen LogP contribution in [-0.2, 0) is 19.7 Å². The number of aliphatic hydroxyl groups is 1. The van der Waals surface area contributed by atoms with E-state index in [1.54, 1.807) is 12.1 Å². The molecule has 3 heterocycles. The summed E-state index contributed by atoms with van der Waals surface area (Å²) in [6.07, 6.45) is -0.966. The van der Waals surface area contributed by atoms with Gasteiger partial charge in [-0.3, -0.25) is 4.90 Å². The van der Waals surface area contributed by atoms with Gasteiger partial charge in [-0.05, 0) is 28.1 Å².